The fourth-order valence-corrected chi connectivity index (χ4v) is 5.43. The van der Waals surface area contributed by atoms with Crippen molar-refractivity contribution in [1.29, 1.82) is 0 Å². The number of rotatable bonds is 6. The van der Waals surface area contributed by atoms with E-state index in [1.807, 2.05) is 42.6 Å². The molecule has 2 atom stereocenters. The number of hydrogen-bond donors (Lipinski definition) is 1. The maximum absolute atomic E-state index is 5.93. The minimum absolute atomic E-state index is 0.139. The maximum Gasteiger partial charge on any atom is 0.174 e. The van der Waals surface area contributed by atoms with E-state index in [1.54, 1.807) is 14.2 Å². The van der Waals surface area contributed by atoms with E-state index in [0.717, 1.165) is 34.2 Å². The number of nitrogens with one attached hydrogen (secondary N) is 1. The van der Waals surface area contributed by atoms with Crippen molar-refractivity contribution in [2.24, 2.45) is 0 Å². The lowest BCUT2D eigenvalue weighted by atomic mass is 9.96. The van der Waals surface area contributed by atoms with Gasteiger partial charge in [0.05, 0.1) is 37.7 Å². The lowest BCUT2D eigenvalue weighted by Crippen LogP contribution is -2.30. The summed E-state index contributed by atoms with van der Waals surface area (Å²) in [6, 6.07) is 22.4. The first-order valence-corrected chi connectivity index (χ1v) is 12.3. The van der Waals surface area contributed by atoms with Crippen LogP contribution < -0.4 is 19.7 Å². The molecule has 0 saturated carbocycles. The molecule has 0 bridgehead atoms. The molecule has 0 spiro atoms. The lowest BCUT2D eigenvalue weighted by molar-refractivity contribution is 0.394. The molecule has 0 radical (unpaired) electrons. The molecule has 1 N–H and O–H groups in total. The number of methoxy groups -OCH3 is 2. The van der Waals surface area contributed by atoms with E-state index in [2.05, 4.69) is 70.9 Å². The highest BCUT2D eigenvalue weighted by atomic mass is 32.1. The van der Waals surface area contributed by atoms with Crippen molar-refractivity contribution in [1.82, 2.24) is 14.9 Å². The smallest absolute Gasteiger partial charge is 0.174 e. The number of anilines is 1. The summed E-state index contributed by atoms with van der Waals surface area (Å²) in [7, 11) is 3.32. The van der Waals surface area contributed by atoms with Gasteiger partial charge >= 0.3 is 0 Å². The largest absolute Gasteiger partial charge is 0.497 e. The molecule has 5 rings (SSSR count). The first kappa shape index (κ1) is 23.9. The Hall–Kier alpha value is -3.84. The van der Waals surface area contributed by atoms with Crippen LogP contribution in [0.15, 0.2) is 72.9 Å². The quantitative estimate of drug-likeness (QED) is 0.330. The second-order valence-electron chi connectivity index (χ2n) is 9.03. The van der Waals surface area contributed by atoms with Gasteiger partial charge in [0.1, 0.15) is 11.5 Å². The van der Waals surface area contributed by atoms with Crippen LogP contribution in [0, 0.1) is 20.8 Å². The first-order valence-electron chi connectivity index (χ1n) is 11.9. The molecule has 2 unspecified atom stereocenters. The van der Waals surface area contributed by atoms with Crippen LogP contribution in [0.5, 0.6) is 11.5 Å². The average Bonchev–Trinajstić information content (AvgIpc) is 3.39. The third-order valence-electron chi connectivity index (χ3n) is 6.83. The van der Waals surface area contributed by atoms with Crippen molar-refractivity contribution >= 4 is 23.0 Å². The van der Waals surface area contributed by atoms with Crippen LogP contribution in [0.2, 0.25) is 0 Å². The number of pyridine rings is 1. The van der Waals surface area contributed by atoms with Crippen LogP contribution in [0.4, 0.5) is 5.69 Å². The number of benzene rings is 2. The van der Waals surface area contributed by atoms with Gasteiger partial charge < -0.3 is 24.3 Å². The third-order valence-corrected chi connectivity index (χ3v) is 7.14. The van der Waals surface area contributed by atoms with Gasteiger partial charge in [0.2, 0.25) is 0 Å². The zero-order valence-corrected chi connectivity index (χ0v) is 22.0. The highest BCUT2D eigenvalue weighted by Gasteiger charge is 2.43. The molecule has 6 nitrogen and oxygen atoms in total. The Bertz CT molecular complexity index is 1400. The van der Waals surface area contributed by atoms with Gasteiger partial charge in [-0.2, -0.15) is 0 Å². The molecule has 7 heteroatoms. The SMILES string of the molecule is COc1ccc(N2C(=S)NC(c3ccccn3)C2c2cc(C)n(-c3ccc(C)cc3)c2C)c(OC)c1. The summed E-state index contributed by atoms with van der Waals surface area (Å²) in [5.41, 5.74) is 7.67. The summed E-state index contributed by atoms with van der Waals surface area (Å²) in [5.74, 6) is 1.42. The zero-order chi connectivity index (χ0) is 25.4. The molecule has 3 heterocycles. The maximum atomic E-state index is 5.93. The van der Waals surface area contributed by atoms with Crippen molar-refractivity contribution in [3.05, 3.63) is 101 Å². The molecule has 4 aromatic rings. The Morgan fingerprint density at radius 1 is 0.917 bits per heavy atom. The molecule has 36 heavy (non-hydrogen) atoms. The van der Waals surface area contributed by atoms with Crippen LogP contribution in [0.1, 0.15) is 40.3 Å². The van der Waals surface area contributed by atoms with Crippen LogP contribution >= 0.6 is 12.2 Å². The monoisotopic (exact) mass is 498 g/mol. The fourth-order valence-electron chi connectivity index (χ4n) is 5.09. The topological polar surface area (TPSA) is 51.5 Å². The van der Waals surface area contributed by atoms with Crippen LogP contribution in [-0.4, -0.2) is 28.9 Å². The van der Waals surface area contributed by atoms with E-state index in [-0.39, 0.29) is 12.1 Å². The first-order chi connectivity index (χ1) is 17.4. The van der Waals surface area contributed by atoms with Gasteiger partial charge in [0.25, 0.3) is 0 Å². The van der Waals surface area contributed by atoms with Crippen molar-refractivity contribution in [3.8, 4) is 17.2 Å². The summed E-state index contributed by atoms with van der Waals surface area (Å²) in [5, 5.41) is 4.17. The van der Waals surface area contributed by atoms with Crippen molar-refractivity contribution in [2.45, 2.75) is 32.9 Å². The Morgan fingerprint density at radius 3 is 2.36 bits per heavy atom. The molecule has 2 aromatic carbocycles. The molecule has 1 fully saturated rings. The summed E-state index contributed by atoms with van der Waals surface area (Å²) in [6.45, 7) is 6.42. The van der Waals surface area contributed by atoms with Gasteiger partial charge in [-0.3, -0.25) is 4.98 Å². The minimum Gasteiger partial charge on any atom is -0.497 e. The minimum atomic E-state index is -0.141. The number of nitrogens with zero attached hydrogens (tertiary/aromatic N) is 3. The van der Waals surface area contributed by atoms with Crippen LogP contribution in [-0.2, 0) is 0 Å². The zero-order valence-electron chi connectivity index (χ0n) is 21.1. The molecule has 184 valence electrons. The van der Waals surface area contributed by atoms with E-state index >= 15 is 0 Å². The van der Waals surface area contributed by atoms with Gasteiger partial charge in [-0.15, -0.1) is 0 Å². The molecule has 1 saturated heterocycles. The van der Waals surface area contributed by atoms with Crippen molar-refractivity contribution < 1.29 is 9.47 Å². The van der Waals surface area contributed by atoms with Gasteiger partial charge in [-0.25, -0.2) is 0 Å². The second-order valence-corrected chi connectivity index (χ2v) is 9.42. The molecule has 1 aliphatic rings. The number of hydrogen-bond acceptors (Lipinski definition) is 4. The highest BCUT2D eigenvalue weighted by molar-refractivity contribution is 7.80. The molecular formula is C29H30N4O2S. The standard InChI is InChI=1S/C29H30N4O2S/c1-18-9-11-21(12-10-18)32-19(2)16-23(20(32)3)28-27(24-8-6-7-15-30-24)31-29(36)33(28)25-14-13-22(34-4)17-26(25)35-5/h6-17,27-28H,1-5H3,(H,31,36). The van der Waals surface area contributed by atoms with Crippen molar-refractivity contribution in [3.63, 3.8) is 0 Å². The number of aromatic nitrogens is 2. The Labute approximate surface area is 217 Å². The van der Waals surface area contributed by atoms with Gasteiger partial charge in [0, 0.05) is 29.3 Å². The Kier molecular flexibility index (Phi) is 6.41. The fraction of sp³-hybridized carbons (Fsp3) is 0.241. The van der Waals surface area contributed by atoms with Crippen LogP contribution in [0.25, 0.3) is 5.69 Å². The summed E-state index contributed by atoms with van der Waals surface area (Å²) >= 11 is 5.93. The molecule has 0 aliphatic carbocycles. The number of ether oxygens (including phenoxy) is 2. The van der Waals surface area contributed by atoms with E-state index in [1.165, 1.54) is 11.1 Å². The van der Waals surface area contributed by atoms with E-state index in [0.29, 0.717) is 10.9 Å². The Balaban J connectivity index is 1.69. The number of aryl methyl sites for hydroxylation is 2. The molecular weight excluding hydrogens is 468 g/mol. The predicted molar refractivity (Wildman–Crippen MR) is 147 cm³/mol. The van der Waals surface area contributed by atoms with Crippen LogP contribution in [0.3, 0.4) is 0 Å². The van der Waals surface area contributed by atoms with E-state index < -0.39 is 0 Å². The summed E-state index contributed by atoms with van der Waals surface area (Å²) in [4.78, 5) is 6.84. The van der Waals surface area contributed by atoms with Gasteiger partial charge in [0.15, 0.2) is 5.11 Å². The second kappa shape index (κ2) is 9.66. The normalized spacial score (nSPS) is 17.2. The molecule has 1 aliphatic heterocycles. The average molecular weight is 499 g/mol. The predicted octanol–water partition coefficient (Wildman–Crippen LogP) is 5.99. The highest BCUT2D eigenvalue weighted by Crippen LogP contribution is 2.46. The Morgan fingerprint density at radius 2 is 1.69 bits per heavy atom. The van der Waals surface area contributed by atoms with Gasteiger partial charge in [-0.1, -0.05) is 23.8 Å². The van der Waals surface area contributed by atoms with Gasteiger partial charge in [-0.05, 0) is 81.0 Å². The molecule has 2 aromatic heterocycles. The number of thiocarbonyl (C=S) groups is 1. The summed E-state index contributed by atoms with van der Waals surface area (Å²) < 4.78 is 13.5. The van der Waals surface area contributed by atoms with E-state index in [9.17, 15) is 0 Å². The third kappa shape index (κ3) is 4.09. The van der Waals surface area contributed by atoms with E-state index in [4.69, 9.17) is 21.7 Å². The molecule has 0 amide bonds. The summed E-state index contributed by atoms with van der Waals surface area (Å²) in [6.07, 6.45) is 1.82. The van der Waals surface area contributed by atoms with Crippen molar-refractivity contribution in [2.75, 3.05) is 19.1 Å². The lowest BCUT2D eigenvalue weighted by Gasteiger charge is -2.29.